The fraction of sp³-hybridized carbons (Fsp3) is 0.350. The molecule has 2 aromatic rings. The molecule has 3 aliphatic rings. The van der Waals surface area contributed by atoms with Crippen LogP contribution in [-0.2, 0) is 0 Å². The zero-order valence-corrected chi connectivity index (χ0v) is 14.7. The second-order valence-electron chi connectivity index (χ2n) is 6.92. The third-order valence-corrected chi connectivity index (χ3v) is 5.62. The first kappa shape index (κ1) is 15.2. The Morgan fingerprint density at radius 1 is 1.04 bits per heavy atom. The molecular formula is C20H20ClN3O. The SMILES string of the molecule is Clc1ccc2c(c1)N=C(N1CCN3CCCC3C1)c1ccccc1O2. The van der Waals surface area contributed by atoms with E-state index in [0.717, 1.165) is 48.2 Å². The summed E-state index contributed by atoms with van der Waals surface area (Å²) in [6.45, 7) is 4.38. The smallest absolute Gasteiger partial charge is 0.153 e. The molecule has 0 amide bonds. The lowest BCUT2D eigenvalue weighted by atomic mass is 10.1. The van der Waals surface area contributed by atoms with E-state index in [-0.39, 0.29) is 0 Å². The maximum Gasteiger partial charge on any atom is 0.153 e. The largest absolute Gasteiger partial charge is 0.454 e. The highest BCUT2D eigenvalue weighted by Gasteiger charge is 2.33. The Morgan fingerprint density at radius 2 is 1.96 bits per heavy atom. The summed E-state index contributed by atoms with van der Waals surface area (Å²) >= 11 is 6.20. The van der Waals surface area contributed by atoms with E-state index >= 15 is 0 Å². The van der Waals surface area contributed by atoms with Crippen LogP contribution in [0.15, 0.2) is 47.5 Å². The van der Waals surface area contributed by atoms with Crippen molar-refractivity contribution < 1.29 is 4.74 Å². The number of hydrogen-bond acceptors (Lipinski definition) is 4. The van der Waals surface area contributed by atoms with Gasteiger partial charge < -0.3 is 9.64 Å². The molecule has 5 rings (SSSR count). The van der Waals surface area contributed by atoms with Crippen LogP contribution in [0.25, 0.3) is 0 Å². The number of aliphatic imine (C=N–C) groups is 1. The van der Waals surface area contributed by atoms with Crippen LogP contribution in [0.4, 0.5) is 5.69 Å². The number of fused-ring (bicyclic) bond motifs is 3. The number of amidine groups is 1. The summed E-state index contributed by atoms with van der Waals surface area (Å²) in [5, 5.41) is 0.678. The molecule has 0 saturated carbocycles. The van der Waals surface area contributed by atoms with E-state index in [4.69, 9.17) is 21.3 Å². The van der Waals surface area contributed by atoms with Gasteiger partial charge in [0, 0.05) is 30.7 Å². The van der Waals surface area contributed by atoms with Crippen LogP contribution in [0.1, 0.15) is 18.4 Å². The van der Waals surface area contributed by atoms with Gasteiger partial charge in [0.25, 0.3) is 0 Å². The van der Waals surface area contributed by atoms with Gasteiger partial charge in [-0.1, -0.05) is 23.7 Å². The van der Waals surface area contributed by atoms with Gasteiger partial charge in [0.05, 0.1) is 5.56 Å². The minimum absolute atomic E-state index is 0.645. The number of ether oxygens (including phenoxy) is 1. The minimum atomic E-state index is 0.645. The summed E-state index contributed by atoms with van der Waals surface area (Å²) in [5.74, 6) is 2.62. The molecule has 0 bridgehead atoms. The lowest BCUT2D eigenvalue weighted by Crippen LogP contribution is -2.52. The van der Waals surface area contributed by atoms with Gasteiger partial charge in [-0.05, 0) is 49.7 Å². The summed E-state index contributed by atoms with van der Waals surface area (Å²) in [4.78, 5) is 10.0. The number of rotatable bonds is 0. The summed E-state index contributed by atoms with van der Waals surface area (Å²) in [5.41, 5.74) is 1.86. The van der Waals surface area contributed by atoms with E-state index in [9.17, 15) is 0 Å². The van der Waals surface area contributed by atoms with Gasteiger partial charge in [-0.15, -0.1) is 0 Å². The molecule has 0 N–H and O–H groups in total. The van der Waals surface area contributed by atoms with E-state index < -0.39 is 0 Å². The van der Waals surface area contributed by atoms with Crippen molar-refractivity contribution in [2.45, 2.75) is 18.9 Å². The standard InChI is InChI=1S/C20H20ClN3O/c21-14-7-8-19-17(12-14)22-20(16-5-1-2-6-18(16)25-19)24-11-10-23-9-3-4-15(23)13-24/h1-2,5-8,12,15H,3-4,9-11,13H2. The maximum atomic E-state index is 6.20. The molecule has 0 aromatic heterocycles. The third kappa shape index (κ3) is 2.70. The van der Waals surface area contributed by atoms with Gasteiger partial charge in [-0.25, -0.2) is 4.99 Å². The van der Waals surface area contributed by atoms with Crippen LogP contribution < -0.4 is 4.74 Å². The predicted octanol–water partition coefficient (Wildman–Crippen LogP) is 4.30. The number of nitrogens with zero attached hydrogens (tertiary/aromatic N) is 3. The van der Waals surface area contributed by atoms with Crippen molar-refractivity contribution in [2.75, 3.05) is 26.2 Å². The van der Waals surface area contributed by atoms with Crippen LogP contribution in [-0.4, -0.2) is 47.9 Å². The van der Waals surface area contributed by atoms with Crippen LogP contribution in [0.2, 0.25) is 5.02 Å². The molecule has 2 aromatic carbocycles. The van der Waals surface area contributed by atoms with Crippen molar-refractivity contribution in [2.24, 2.45) is 4.99 Å². The molecule has 0 radical (unpaired) electrons. The van der Waals surface area contributed by atoms with E-state index in [1.165, 1.54) is 19.4 Å². The van der Waals surface area contributed by atoms with Crippen LogP contribution in [0.5, 0.6) is 11.5 Å². The summed E-state index contributed by atoms with van der Waals surface area (Å²) in [6.07, 6.45) is 2.59. The summed E-state index contributed by atoms with van der Waals surface area (Å²) in [6, 6.07) is 14.4. The third-order valence-electron chi connectivity index (χ3n) is 5.38. The Kier molecular flexibility index (Phi) is 3.68. The zero-order valence-electron chi connectivity index (χ0n) is 14.0. The molecule has 1 atom stereocenters. The highest BCUT2D eigenvalue weighted by atomic mass is 35.5. The Balaban J connectivity index is 1.60. The first-order valence-electron chi connectivity index (χ1n) is 8.92. The first-order valence-corrected chi connectivity index (χ1v) is 9.30. The molecule has 25 heavy (non-hydrogen) atoms. The van der Waals surface area contributed by atoms with E-state index in [0.29, 0.717) is 11.1 Å². The Labute approximate surface area is 152 Å². The quantitative estimate of drug-likeness (QED) is 0.706. The molecule has 2 saturated heterocycles. The van der Waals surface area contributed by atoms with E-state index in [1.807, 2.05) is 36.4 Å². The maximum absolute atomic E-state index is 6.20. The number of piperazine rings is 1. The van der Waals surface area contributed by atoms with Crippen molar-refractivity contribution in [3.05, 3.63) is 53.1 Å². The fourth-order valence-corrected chi connectivity index (χ4v) is 4.29. The lowest BCUT2D eigenvalue weighted by molar-refractivity contribution is 0.152. The molecule has 4 nitrogen and oxygen atoms in total. The highest BCUT2D eigenvalue weighted by molar-refractivity contribution is 6.31. The summed E-state index contributed by atoms with van der Waals surface area (Å²) in [7, 11) is 0. The topological polar surface area (TPSA) is 28.1 Å². The molecule has 0 spiro atoms. The average Bonchev–Trinajstić information content (AvgIpc) is 3.03. The Bertz CT molecular complexity index is 851. The van der Waals surface area contributed by atoms with E-state index in [2.05, 4.69) is 15.9 Å². The van der Waals surface area contributed by atoms with Crippen molar-refractivity contribution >= 4 is 23.1 Å². The number of halogens is 1. The van der Waals surface area contributed by atoms with Crippen LogP contribution in [0, 0.1) is 0 Å². The number of hydrogen-bond donors (Lipinski definition) is 0. The molecule has 0 aliphatic carbocycles. The van der Waals surface area contributed by atoms with Crippen LogP contribution in [0.3, 0.4) is 0 Å². The normalized spacial score (nSPS) is 22.4. The highest BCUT2D eigenvalue weighted by Crippen LogP contribution is 2.39. The number of para-hydroxylation sites is 1. The molecular weight excluding hydrogens is 334 g/mol. The second-order valence-corrected chi connectivity index (χ2v) is 7.36. The molecule has 5 heteroatoms. The zero-order chi connectivity index (χ0) is 16.8. The predicted molar refractivity (Wildman–Crippen MR) is 100 cm³/mol. The monoisotopic (exact) mass is 353 g/mol. The van der Waals surface area contributed by atoms with Crippen molar-refractivity contribution in [1.82, 2.24) is 9.80 Å². The minimum Gasteiger partial charge on any atom is -0.454 e. The summed E-state index contributed by atoms with van der Waals surface area (Å²) < 4.78 is 6.15. The first-order chi connectivity index (χ1) is 12.3. The van der Waals surface area contributed by atoms with Gasteiger partial charge >= 0.3 is 0 Å². The average molecular weight is 354 g/mol. The number of benzene rings is 2. The second kappa shape index (κ2) is 6.04. The lowest BCUT2D eigenvalue weighted by Gasteiger charge is -2.39. The van der Waals surface area contributed by atoms with Gasteiger partial charge in [0.15, 0.2) is 5.75 Å². The van der Waals surface area contributed by atoms with Gasteiger partial charge in [0.2, 0.25) is 0 Å². The van der Waals surface area contributed by atoms with Gasteiger partial charge in [0.1, 0.15) is 17.3 Å². The molecule has 3 aliphatic heterocycles. The van der Waals surface area contributed by atoms with Gasteiger partial charge in [-0.3, -0.25) is 4.90 Å². The van der Waals surface area contributed by atoms with Crippen molar-refractivity contribution in [3.63, 3.8) is 0 Å². The molecule has 3 heterocycles. The Morgan fingerprint density at radius 3 is 2.92 bits per heavy atom. The van der Waals surface area contributed by atoms with Crippen molar-refractivity contribution in [1.29, 1.82) is 0 Å². The van der Waals surface area contributed by atoms with Gasteiger partial charge in [-0.2, -0.15) is 0 Å². The Hall–Kier alpha value is -2.04. The molecule has 128 valence electrons. The molecule has 2 fully saturated rings. The fourth-order valence-electron chi connectivity index (χ4n) is 4.12. The van der Waals surface area contributed by atoms with Crippen LogP contribution >= 0.6 is 11.6 Å². The molecule has 1 unspecified atom stereocenters. The van der Waals surface area contributed by atoms with Crippen molar-refractivity contribution in [3.8, 4) is 11.5 Å². The van der Waals surface area contributed by atoms with E-state index in [1.54, 1.807) is 0 Å².